The summed E-state index contributed by atoms with van der Waals surface area (Å²) in [6.07, 6.45) is 3.87. The summed E-state index contributed by atoms with van der Waals surface area (Å²) in [5.41, 5.74) is 0.419. The predicted molar refractivity (Wildman–Crippen MR) is 113 cm³/mol. The van der Waals surface area contributed by atoms with Crippen molar-refractivity contribution in [2.45, 2.75) is 63.4 Å². The second kappa shape index (κ2) is 9.76. The average molecular weight is 424 g/mol. The number of hydrogen-bond donors (Lipinski definition) is 1. The number of fused-ring (bicyclic) bond motifs is 1. The molecule has 0 bridgehead atoms. The minimum atomic E-state index is -0.126. The van der Waals surface area contributed by atoms with E-state index in [0.29, 0.717) is 27.6 Å². The van der Waals surface area contributed by atoms with E-state index in [1.54, 1.807) is 22.8 Å². The summed E-state index contributed by atoms with van der Waals surface area (Å²) in [7, 11) is 0. The Kier molecular flexibility index (Phi) is 7.37. The highest BCUT2D eigenvalue weighted by Crippen LogP contribution is 2.22. The van der Waals surface area contributed by atoms with Crippen LogP contribution in [0.2, 0.25) is 5.02 Å². The standard InChI is InChI=1S/C20H26ClN3O3S/c1-3-5-13(2)22-18(25)12-28-20-23-17-10-14(21)7-8-16(17)19(26)24(20)11-15-6-4-9-27-15/h7-8,10,13,15H,3-6,9,11-12H2,1-2H3,(H,22,25)/t13-,15+/m1/s1. The van der Waals surface area contributed by atoms with Crippen LogP contribution in [0.25, 0.3) is 10.9 Å². The molecular formula is C20H26ClN3O3S. The van der Waals surface area contributed by atoms with Crippen LogP contribution >= 0.6 is 23.4 Å². The van der Waals surface area contributed by atoms with Gasteiger partial charge in [0.1, 0.15) is 0 Å². The highest BCUT2D eigenvalue weighted by atomic mass is 35.5. The van der Waals surface area contributed by atoms with E-state index in [9.17, 15) is 9.59 Å². The molecule has 0 spiro atoms. The smallest absolute Gasteiger partial charge is 0.262 e. The van der Waals surface area contributed by atoms with E-state index in [2.05, 4.69) is 17.2 Å². The zero-order chi connectivity index (χ0) is 20.1. The molecule has 1 saturated heterocycles. The molecule has 0 saturated carbocycles. The highest BCUT2D eigenvalue weighted by molar-refractivity contribution is 7.99. The molecule has 1 aliphatic rings. The van der Waals surface area contributed by atoms with Crippen molar-refractivity contribution in [2.24, 2.45) is 0 Å². The topological polar surface area (TPSA) is 73.2 Å². The van der Waals surface area contributed by atoms with Gasteiger partial charge in [-0.2, -0.15) is 0 Å². The Labute approximate surface area is 174 Å². The Balaban J connectivity index is 1.85. The molecule has 0 aliphatic carbocycles. The number of rotatable bonds is 8. The molecule has 1 fully saturated rings. The summed E-state index contributed by atoms with van der Waals surface area (Å²) < 4.78 is 7.34. The Bertz CT molecular complexity index is 896. The molecule has 6 nitrogen and oxygen atoms in total. The van der Waals surface area contributed by atoms with E-state index < -0.39 is 0 Å². The van der Waals surface area contributed by atoms with E-state index >= 15 is 0 Å². The quantitative estimate of drug-likeness (QED) is 0.518. The number of thioether (sulfide) groups is 1. The van der Waals surface area contributed by atoms with Crippen LogP contribution in [0.15, 0.2) is 28.2 Å². The summed E-state index contributed by atoms with van der Waals surface area (Å²) in [5, 5.41) is 4.55. The average Bonchev–Trinajstić information content (AvgIpc) is 3.16. The third-order valence-corrected chi connectivity index (χ3v) is 5.97. The van der Waals surface area contributed by atoms with Gasteiger partial charge in [0.15, 0.2) is 5.16 Å². The zero-order valence-electron chi connectivity index (χ0n) is 16.2. The predicted octanol–water partition coefficient (Wildman–Crippen LogP) is 3.63. The van der Waals surface area contributed by atoms with Crippen molar-refractivity contribution < 1.29 is 9.53 Å². The van der Waals surface area contributed by atoms with Crippen molar-refractivity contribution in [1.29, 1.82) is 0 Å². The molecule has 152 valence electrons. The normalized spacial score (nSPS) is 17.8. The number of carbonyl (C=O) groups excluding carboxylic acids is 1. The Hall–Kier alpha value is -1.57. The van der Waals surface area contributed by atoms with E-state index in [4.69, 9.17) is 16.3 Å². The van der Waals surface area contributed by atoms with Crippen molar-refractivity contribution in [1.82, 2.24) is 14.9 Å². The van der Waals surface area contributed by atoms with Crippen LogP contribution < -0.4 is 10.9 Å². The lowest BCUT2D eigenvalue weighted by molar-refractivity contribution is -0.119. The Morgan fingerprint density at radius 2 is 2.32 bits per heavy atom. The maximum Gasteiger partial charge on any atom is 0.262 e. The maximum atomic E-state index is 13.1. The van der Waals surface area contributed by atoms with Crippen molar-refractivity contribution in [3.8, 4) is 0 Å². The van der Waals surface area contributed by atoms with Gasteiger partial charge < -0.3 is 10.1 Å². The van der Waals surface area contributed by atoms with Crippen molar-refractivity contribution in [2.75, 3.05) is 12.4 Å². The van der Waals surface area contributed by atoms with E-state index in [-0.39, 0.29) is 29.4 Å². The van der Waals surface area contributed by atoms with Crippen LogP contribution in [0.3, 0.4) is 0 Å². The molecule has 2 aromatic rings. The molecule has 1 amide bonds. The number of ether oxygens (including phenoxy) is 1. The SMILES string of the molecule is CCC[C@@H](C)NC(=O)CSc1nc2cc(Cl)ccc2c(=O)n1C[C@@H]1CCCO1. The lowest BCUT2D eigenvalue weighted by atomic mass is 10.2. The fraction of sp³-hybridized carbons (Fsp3) is 0.550. The van der Waals surface area contributed by atoms with E-state index in [0.717, 1.165) is 32.3 Å². The second-order valence-electron chi connectivity index (χ2n) is 7.15. The number of nitrogens with one attached hydrogen (secondary N) is 1. The number of carbonyl (C=O) groups is 1. The Morgan fingerprint density at radius 1 is 1.50 bits per heavy atom. The van der Waals surface area contributed by atoms with Gasteiger partial charge in [-0.1, -0.05) is 36.7 Å². The molecule has 2 heterocycles. The van der Waals surface area contributed by atoms with Crippen LogP contribution in [0, 0.1) is 0 Å². The van der Waals surface area contributed by atoms with Gasteiger partial charge in [0.25, 0.3) is 5.56 Å². The summed E-state index contributed by atoms with van der Waals surface area (Å²) in [6.45, 7) is 5.25. The summed E-state index contributed by atoms with van der Waals surface area (Å²) >= 11 is 7.35. The first-order valence-electron chi connectivity index (χ1n) is 9.71. The van der Waals surface area contributed by atoms with Gasteiger partial charge in [-0.15, -0.1) is 0 Å². The maximum absolute atomic E-state index is 13.1. The molecule has 1 aromatic carbocycles. The van der Waals surface area contributed by atoms with Gasteiger partial charge in [-0.3, -0.25) is 14.2 Å². The van der Waals surface area contributed by atoms with E-state index in [1.165, 1.54) is 11.8 Å². The largest absolute Gasteiger partial charge is 0.376 e. The number of hydrogen-bond acceptors (Lipinski definition) is 5. The number of benzene rings is 1. The van der Waals surface area contributed by atoms with Crippen LogP contribution in [0.5, 0.6) is 0 Å². The first-order valence-corrected chi connectivity index (χ1v) is 11.1. The van der Waals surface area contributed by atoms with Gasteiger partial charge in [0.2, 0.25) is 5.91 Å². The summed E-state index contributed by atoms with van der Waals surface area (Å²) in [4.78, 5) is 30.0. The third kappa shape index (κ3) is 5.27. The van der Waals surface area contributed by atoms with Gasteiger partial charge in [-0.05, 0) is 44.4 Å². The monoisotopic (exact) mass is 423 g/mol. The molecule has 1 aromatic heterocycles. The van der Waals surface area contributed by atoms with Gasteiger partial charge in [-0.25, -0.2) is 4.98 Å². The first kappa shape index (κ1) is 21.1. The van der Waals surface area contributed by atoms with E-state index in [1.807, 2.05) is 6.92 Å². The lowest BCUT2D eigenvalue weighted by Gasteiger charge is -2.17. The van der Waals surface area contributed by atoms with Gasteiger partial charge in [0, 0.05) is 17.7 Å². The minimum Gasteiger partial charge on any atom is -0.376 e. The molecule has 3 rings (SSSR count). The van der Waals surface area contributed by atoms with Crippen LogP contribution in [-0.4, -0.2) is 40.0 Å². The van der Waals surface area contributed by atoms with Crippen LogP contribution in [-0.2, 0) is 16.1 Å². The van der Waals surface area contributed by atoms with Gasteiger partial charge in [0.05, 0.1) is 29.3 Å². The Morgan fingerprint density at radius 3 is 3.04 bits per heavy atom. The first-order chi connectivity index (χ1) is 13.5. The highest BCUT2D eigenvalue weighted by Gasteiger charge is 2.21. The molecule has 28 heavy (non-hydrogen) atoms. The number of nitrogens with zero attached hydrogens (tertiary/aromatic N) is 2. The molecule has 0 unspecified atom stereocenters. The molecule has 8 heteroatoms. The van der Waals surface area contributed by atoms with Gasteiger partial charge >= 0.3 is 0 Å². The lowest BCUT2D eigenvalue weighted by Crippen LogP contribution is -2.34. The van der Waals surface area contributed by atoms with Crippen LogP contribution in [0.4, 0.5) is 0 Å². The van der Waals surface area contributed by atoms with Crippen LogP contribution in [0.1, 0.15) is 39.5 Å². The number of amides is 1. The fourth-order valence-corrected chi connectivity index (χ4v) is 4.37. The third-order valence-electron chi connectivity index (χ3n) is 4.75. The zero-order valence-corrected chi connectivity index (χ0v) is 17.8. The molecule has 1 N–H and O–H groups in total. The molecule has 0 radical (unpaired) electrons. The van der Waals surface area contributed by atoms with Crippen molar-refractivity contribution >= 4 is 40.2 Å². The second-order valence-corrected chi connectivity index (χ2v) is 8.53. The van der Waals surface area contributed by atoms with Crippen molar-refractivity contribution in [3.05, 3.63) is 33.6 Å². The minimum absolute atomic E-state index is 0.00185. The number of halogens is 1. The summed E-state index contributed by atoms with van der Waals surface area (Å²) in [6, 6.07) is 5.21. The fourth-order valence-electron chi connectivity index (χ4n) is 3.39. The molecule has 2 atom stereocenters. The molecular weight excluding hydrogens is 398 g/mol. The molecule has 1 aliphatic heterocycles. The summed E-state index contributed by atoms with van der Waals surface area (Å²) in [5.74, 6) is 0.146. The van der Waals surface area contributed by atoms with Crippen molar-refractivity contribution in [3.63, 3.8) is 0 Å². The number of aromatic nitrogens is 2.